The maximum atomic E-state index is 10.4. The number of carboxylic acids is 1. The van der Waals surface area contributed by atoms with Gasteiger partial charge in [0.2, 0.25) is 0 Å². The van der Waals surface area contributed by atoms with Crippen molar-refractivity contribution < 1.29 is 15.0 Å². The zero-order valence-electron chi connectivity index (χ0n) is 7.70. The molecule has 3 heteroatoms. The number of aliphatic carboxylic acids is 1. The van der Waals surface area contributed by atoms with Crippen LogP contribution in [0, 0.1) is 5.92 Å². The van der Waals surface area contributed by atoms with Gasteiger partial charge in [0, 0.05) is 6.61 Å². The molecule has 0 aromatic rings. The molecule has 13 heavy (non-hydrogen) atoms. The molecule has 0 saturated carbocycles. The van der Waals surface area contributed by atoms with Gasteiger partial charge in [-0.2, -0.15) is 0 Å². The summed E-state index contributed by atoms with van der Waals surface area (Å²) in [6.07, 6.45) is 6.78. The van der Waals surface area contributed by atoms with E-state index < -0.39 is 5.97 Å². The first-order valence-corrected chi connectivity index (χ1v) is 4.80. The van der Waals surface area contributed by atoms with Gasteiger partial charge in [-0.15, -0.1) is 0 Å². The summed E-state index contributed by atoms with van der Waals surface area (Å²) in [5.74, 6) is -0.969. The highest BCUT2D eigenvalue weighted by molar-refractivity contribution is 5.81. The zero-order chi connectivity index (χ0) is 9.68. The molecule has 74 valence electrons. The fourth-order valence-electron chi connectivity index (χ4n) is 1.43. The molecule has 0 amide bonds. The molecule has 0 unspecified atom stereocenters. The van der Waals surface area contributed by atoms with Gasteiger partial charge in [-0.3, -0.25) is 4.79 Å². The van der Waals surface area contributed by atoms with Gasteiger partial charge in [0.25, 0.3) is 0 Å². The van der Waals surface area contributed by atoms with Gasteiger partial charge in [0.05, 0.1) is 5.92 Å². The van der Waals surface area contributed by atoms with Gasteiger partial charge in [0.1, 0.15) is 0 Å². The quantitative estimate of drug-likeness (QED) is 0.466. The monoisotopic (exact) mass is 184 g/mol. The van der Waals surface area contributed by atoms with Crippen molar-refractivity contribution >= 4 is 5.97 Å². The maximum absolute atomic E-state index is 10.4. The van der Waals surface area contributed by atoms with Gasteiger partial charge < -0.3 is 10.2 Å². The Morgan fingerprint density at radius 1 is 1.31 bits per heavy atom. The Kier molecular flexibility index (Phi) is 3.96. The second kappa shape index (κ2) is 5.02. The van der Waals surface area contributed by atoms with Crippen LogP contribution < -0.4 is 0 Å². The minimum atomic E-state index is -0.717. The van der Waals surface area contributed by atoms with Crippen molar-refractivity contribution in [1.29, 1.82) is 0 Å². The third kappa shape index (κ3) is 3.59. The number of hydrogen-bond acceptors (Lipinski definition) is 2. The molecule has 1 aliphatic rings. The molecule has 1 rings (SSSR count). The van der Waals surface area contributed by atoms with Crippen LogP contribution in [0.25, 0.3) is 0 Å². The smallest absolute Gasteiger partial charge is 0.314 e. The van der Waals surface area contributed by atoms with Crippen LogP contribution in [0.4, 0.5) is 0 Å². The van der Waals surface area contributed by atoms with E-state index in [2.05, 4.69) is 0 Å². The van der Waals surface area contributed by atoms with E-state index in [-0.39, 0.29) is 12.5 Å². The van der Waals surface area contributed by atoms with E-state index in [9.17, 15) is 4.79 Å². The highest BCUT2D eigenvalue weighted by Crippen LogP contribution is 2.33. The van der Waals surface area contributed by atoms with Gasteiger partial charge in [-0.25, -0.2) is 0 Å². The van der Waals surface area contributed by atoms with E-state index in [0.29, 0.717) is 0 Å². The summed E-state index contributed by atoms with van der Waals surface area (Å²) < 4.78 is 0. The molecule has 0 spiro atoms. The SMILES string of the molecule is O=C(O)[C@@H]1C=C1CCCCCCO. The lowest BCUT2D eigenvalue weighted by Crippen LogP contribution is -1.99. The first-order valence-electron chi connectivity index (χ1n) is 4.80. The largest absolute Gasteiger partial charge is 0.481 e. The summed E-state index contributed by atoms with van der Waals surface area (Å²) in [4.78, 5) is 10.4. The Balaban J connectivity index is 1.91. The van der Waals surface area contributed by atoms with Crippen LogP contribution in [0.5, 0.6) is 0 Å². The van der Waals surface area contributed by atoms with Crippen LogP contribution in [0.2, 0.25) is 0 Å². The van der Waals surface area contributed by atoms with Crippen LogP contribution >= 0.6 is 0 Å². The number of unbranched alkanes of at least 4 members (excludes halogenated alkanes) is 3. The average molecular weight is 184 g/mol. The standard InChI is InChI=1S/C10H16O3/c11-6-4-2-1-3-5-8-7-9(8)10(12)13/h7,9,11H,1-6H2,(H,12,13)/t9-/m1/s1. The molecule has 0 aromatic carbocycles. The second-order valence-electron chi connectivity index (χ2n) is 3.45. The number of aliphatic hydroxyl groups is 1. The molecule has 0 aliphatic heterocycles. The van der Waals surface area contributed by atoms with Crippen LogP contribution in [-0.2, 0) is 4.79 Å². The molecule has 0 bridgehead atoms. The fraction of sp³-hybridized carbons (Fsp3) is 0.700. The van der Waals surface area contributed by atoms with Crippen LogP contribution in [0.3, 0.4) is 0 Å². The van der Waals surface area contributed by atoms with Crippen LogP contribution in [0.15, 0.2) is 11.6 Å². The lowest BCUT2D eigenvalue weighted by atomic mass is 10.1. The molecule has 1 atom stereocenters. The highest BCUT2D eigenvalue weighted by Gasteiger charge is 2.30. The van der Waals surface area contributed by atoms with Crippen LogP contribution in [0.1, 0.15) is 32.1 Å². The van der Waals surface area contributed by atoms with E-state index in [4.69, 9.17) is 10.2 Å². The fourth-order valence-corrected chi connectivity index (χ4v) is 1.43. The molecule has 1 aliphatic carbocycles. The Labute approximate surface area is 78.1 Å². The summed E-state index contributed by atoms with van der Waals surface area (Å²) in [6.45, 7) is 0.264. The third-order valence-electron chi connectivity index (χ3n) is 2.31. The number of carboxylic acid groups (broad SMARTS) is 1. The molecule has 0 heterocycles. The first kappa shape index (κ1) is 10.3. The van der Waals surface area contributed by atoms with Gasteiger partial charge in [-0.1, -0.05) is 24.5 Å². The number of rotatable bonds is 7. The molecular weight excluding hydrogens is 168 g/mol. The van der Waals surface area contributed by atoms with E-state index in [1.165, 1.54) is 0 Å². The topological polar surface area (TPSA) is 57.5 Å². The summed E-state index contributed by atoms with van der Waals surface area (Å²) >= 11 is 0. The summed E-state index contributed by atoms with van der Waals surface area (Å²) in [6, 6.07) is 0. The minimum absolute atomic E-state index is 0.252. The molecule has 0 radical (unpaired) electrons. The predicted octanol–water partition coefficient (Wildman–Crippen LogP) is 1.57. The lowest BCUT2D eigenvalue weighted by molar-refractivity contribution is -0.137. The Morgan fingerprint density at radius 3 is 2.54 bits per heavy atom. The first-order chi connectivity index (χ1) is 6.25. The summed E-state index contributed by atoms with van der Waals surface area (Å²) in [5, 5.41) is 17.1. The van der Waals surface area contributed by atoms with Crippen molar-refractivity contribution in [3.05, 3.63) is 11.6 Å². The van der Waals surface area contributed by atoms with Crippen molar-refractivity contribution in [2.45, 2.75) is 32.1 Å². The van der Waals surface area contributed by atoms with Crippen LogP contribution in [-0.4, -0.2) is 22.8 Å². The van der Waals surface area contributed by atoms with Crippen molar-refractivity contribution in [1.82, 2.24) is 0 Å². The Morgan fingerprint density at radius 2 is 2.00 bits per heavy atom. The van der Waals surface area contributed by atoms with Crippen molar-refractivity contribution in [2.24, 2.45) is 5.92 Å². The van der Waals surface area contributed by atoms with Crippen molar-refractivity contribution in [3.63, 3.8) is 0 Å². The Hall–Kier alpha value is -0.830. The maximum Gasteiger partial charge on any atom is 0.314 e. The minimum Gasteiger partial charge on any atom is -0.481 e. The molecule has 3 nitrogen and oxygen atoms in total. The van der Waals surface area contributed by atoms with Crippen molar-refractivity contribution in [2.75, 3.05) is 6.61 Å². The molecule has 2 N–H and O–H groups in total. The third-order valence-corrected chi connectivity index (χ3v) is 2.31. The molecule has 0 saturated heterocycles. The average Bonchev–Trinajstić information content (AvgIpc) is 2.83. The zero-order valence-corrected chi connectivity index (χ0v) is 7.70. The van der Waals surface area contributed by atoms with E-state index in [1.807, 2.05) is 6.08 Å². The van der Waals surface area contributed by atoms with Gasteiger partial charge >= 0.3 is 5.97 Å². The highest BCUT2D eigenvalue weighted by atomic mass is 16.4. The van der Waals surface area contributed by atoms with E-state index >= 15 is 0 Å². The Bertz CT molecular complexity index is 208. The van der Waals surface area contributed by atoms with Gasteiger partial charge in [0.15, 0.2) is 0 Å². The number of aliphatic hydroxyl groups excluding tert-OH is 1. The molecular formula is C10H16O3. The van der Waals surface area contributed by atoms with Gasteiger partial charge in [-0.05, 0) is 19.3 Å². The predicted molar refractivity (Wildman–Crippen MR) is 49.4 cm³/mol. The normalized spacial score (nSPS) is 19.8. The lowest BCUT2D eigenvalue weighted by Gasteiger charge is -1.97. The molecule has 0 aromatic heterocycles. The van der Waals surface area contributed by atoms with E-state index in [1.54, 1.807) is 0 Å². The second-order valence-corrected chi connectivity index (χ2v) is 3.45. The number of hydrogen-bond donors (Lipinski definition) is 2. The summed E-state index contributed by atoms with van der Waals surface area (Å²) in [7, 11) is 0. The van der Waals surface area contributed by atoms with Crippen molar-refractivity contribution in [3.8, 4) is 0 Å². The summed E-state index contributed by atoms with van der Waals surface area (Å²) in [5.41, 5.74) is 1.08. The number of carbonyl (C=O) groups is 1. The van der Waals surface area contributed by atoms with E-state index in [0.717, 1.165) is 37.7 Å². The molecule has 0 fully saturated rings.